The first-order valence-corrected chi connectivity index (χ1v) is 11.1. The van der Waals surface area contributed by atoms with Crippen LogP contribution in [-0.2, 0) is 12.0 Å². The molecule has 0 fully saturated rings. The topological polar surface area (TPSA) is 54.8 Å². The maximum Gasteiger partial charge on any atom is 0.187 e. The van der Waals surface area contributed by atoms with Crippen LogP contribution in [0.15, 0.2) is 35.9 Å². The summed E-state index contributed by atoms with van der Waals surface area (Å²) in [6, 6.07) is 4.17. The maximum atomic E-state index is 6.51. The Morgan fingerprint density at radius 1 is 1.07 bits per heavy atom. The Bertz CT molecular complexity index is 1080. The summed E-state index contributed by atoms with van der Waals surface area (Å²) in [5, 5.41) is 1.43. The zero-order valence-corrected chi connectivity index (χ0v) is 18.9. The van der Waals surface area contributed by atoms with Crippen LogP contribution in [0.5, 0.6) is 0 Å². The molecule has 0 bridgehead atoms. The van der Waals surface area contributed by atoms with E-state index >= 15 is 0 Å². The minimum Gasteiger partial charge on any atom is -0.351 e. The molecule has 0 N–H and O–H groups in total. The molecule has 0 atom stereocenters. The van der Waals surface area contributed by atoms with Gasteiger partial charge < -0.3 is 4.90 Å². The van der Waals surface area contributed by atoms with Crippen molar-refractivity contribution < 1.29 is 0 Å². The highest BCUT2D eigenvalue weighted by Crippen LogP contribution is 2.37. The highest BCUT2D eigenvalue weighted by Gasteiger charge is 2.34. The van der Waals surface area contributed by atoms with Crippen LogP contribution < -0.4 is 4.90 Å². The van der Waals surface area contributed by atoms with Crippen molar-refractivity contribution in [1.29, 1.82) is 0 Å². The highest BCUT2D eigenvalue weighted by atomic mass is 35.5. The zero-order chi connectivity index (χ0) is 20.8. The lowest BCUT2D eigenvalue weighted by atomic mass is 9.82. The van der Waals surface area contributed by atoms with Crippen molar-refractivity contribution in [2.75, 3.05) is 17.7 Å². The number of thioether (sulfide) groups is 1. The fraction of sp³-hybridized carbons (Fsp3) is 0.364. The largest absolute Gasteiger partial charge is 0.351 e. The second kappa shape index (κ2) is 7.58. The molecule has 29 heavy (non-hydrogen) atoms. The summed E-state index contributed by atoms with van der Waals surface area (Å²) in [6.07, 6.45) is 7.55. The second-order valence-corrected chi connectivity index (χ2v) is 9.35. The molecule has 0 saturated heterocycles. The van der Waals surface area contributed by atoms with Gasteiger partial charge in [-0.05, 0) is 37.3 Å². The van der Waals surface area contributed by atoms with Crippen LogP contribution >= 0.6 is 23.4 Å². The first-order chi connectivity index (χ1) is 13.8. The highest BCUT2D eigenvalue weighted by molar-refractivity contribution is 7.98. The lowest BCUT2D eigenvalue weighted by Gasteiger charge is -2.39. The van der Waals surface area contributed by atoms with Gasteiger partial charge >= 0.3 is 0 Å². The Morgan fingerprint density at radius 2 is 1.86 bits per heavy atom. The molecule has 0 radical (unpaired) electrons. The van der Waals surface area contributed by atoms with E-state index in [0.717, 1.165) is 57.7 Å². The van der Waals surface area contributed by atoms with Crippen molar-refractivity contribution in [2.45, 2.75) is 44.8 Å². The predicted molar refractivity (Wildman–Crippen MR) is 120 cm³/mol. The third-order valence-corrected chi connectivity index (χ3v) is 6.11. The number of aryl methyl sites for hydroxylation is 2. The normalized spacial score (nSPS) is 15.3. The summed E-state index contributed by atoms with van der Waals surface area (Å²) >= 11 is 8.08. The summed E-state index contributed by atoms with van der Waals surface area (Å²) in [7, 11) is 0. The van der Waals surface area contributed by atoms with Gasteiger partial charge in [0.2, 0.25) is 0 Å². The molecule has 0 aliphatic carbocycles. The molecule has 0 unspecified atom stereocenters. The van der Waals surface area contributed by atoms with E-state index in [0.29, 0.717) is 5.02 Å². The van der Waals surface area contributed by atoms with Crippen molar-refractivity contribution in [3.63, 3.8) is 0 Å². The van der Waals surface area contributed by atoms with Gasteiger partial charge in [-0.15, -0.1) is 0 Å². The van der Waals surface area contributed by atoms with Crippen molar-refractivity contribution in [1.82, 2.24) is 19.9 Å². The van der Waals surface area contributed by atoms with E-state index in [1.165, 1.54) is 0 Å². The maximum absolute atomic E-state index is 6.51. The van der Waals surface area contributed by atoms with Gasteiger partial charge in [0, 0.05) is 48.2 Å². The number of anilines is 1. The van der Waals surface area contributed by atoms with Crippen molar-refractivity contribution in [3.05, 3.63) is 58.1 Å². The number of hydrogen-bond donors (Lipinski definition) is 0. The fourth-order valence-electron chi connectivity index (χ4n) is 3.95. The number of halogens is 1. The third-order valence-electron chi connectivity index (χ3n) is 5.25. The molecule has 3 aromatic rings. The molecule has 5 nitrogen and oxygen atoms in total. The number of aromatic nitrogens is 4. The van der Waals surface area contributed by atoms with Crippen LogP contribution in [0.25, 0.3) is 11.3 Å². The molecule has 4 heterocycles. The Hall–Kier alpha value is -2.18. The molecule has 7 heteroatoms. The first kappa shape index (κ1) is 20.1. The molecular formula is C22H24ClN5S. The lowest BCUT2D eigenvalue weighted by Crippen LogP contribution is -2.43. The van der Waals surface area contributed by atoms with E-state index in [1.807, 2.05) is 31.6 Å². The van der Waals surface area contributed by atoms with Crippen LogP contribution in [0.1, 0.15) is 36.2 Å². The summed E-state index contributed by atoms with van der Waals surface area (Å²) in [5.74, 6) is 0.888. The monoisotopic (exact) mass is 425 g/mol. The van der Waals surface area contributed by atoms with Crippen LogP contribution in [0.4, 0.5) is 5.82 Å². The van der Waals surface area contributed by atoms with E-state index < -0.39 is 0 Å². The minimum absolute atomic E-state index is 0.111. The quantitative estimate of drug-likeness (QED) is 0.423. The Kier molecular flexibility index (Phi) is 5.25. The molecule has 3 aromatic heterocycles. The Labute approximate surface area is 181 Å². The van der Waals surface area contributed by atoms with Gasteiger partial charge in [0.05, 0.1) is 16.4 Å². The van der Waals surface area contributed by atoms with Crippen LogP contribution in [-0.4, -0.2) is 32.7 Å². The number of rotatable bonds is 3. The molecule has 0 amide bonds. The summed E-state index contributed by atoms with van der Waals surface area (Å²) in [4.78, 5) is 20.8. The molecule has 150 valence electrons. The van der Waals surface area contributed by atoms with E-state index in [-0.39, 0.29) is 5.41 Å². The second-order valence-electron chi connectivity index (χ2n) is 8.17. The minimum atomic E-state index is -0.111. The summed E-state index contributed by atoms with van der Waals surface area (Å²) in [6.45, 7) is 10.1. The van der Waals surface area contributed by atoms with E-state index in [1.54, 1.807) is 18.0 Å². The average molecular weight is 426 g/mol. The van der Waals surface area contributed by atoms with E-state index in [4.69, 9.17) is 16.6 Å². The van der Waals surface area contributed by atoms with Gasteiger partial charge in [0.1, 0.15) is 5.82 Å². The average Bonchev–Trinajstić information content (AvgIpc) is 2.68. The van der Waals surface area contributed by atoms with Gasteiger partial charge in [-0.2, -0.15) is 0 Å². The third kappa shape index (κ3) is 3.83. The number of pyridine rings is 2. The van der Waals surface area contributed by atoms with Gasteiger partial charge in [0.25, 0.3) is 0 Å². The van der Waals surface area contributed by atoms with Crippen molar-refractivity contribution in [2.24, 2.45) is 0 Å². The van der Waals surface area contributed by atoms with E-state index in [9.17, 15) is 0 Å². The first-order valence-electron chi connectivity index (χ1n) is 9.53. The SMILES string of the molecule is CSc1ncc2c(n1)C(C)(C)CN(c1cc(-c3ncc(C)cc3C)c(Cl)cn1)C2. The molecule has 1 aliphatic heterocycles. The number of nitrogens with zero attached hydrogens (tertiary/aromatic N) is 5. The van der Waals surface area contributed by atoms with Crippen molar-refractivity contribution >= 4 is 29.2 Å². The van der Waals surface area contributed by atoms with E-state index in [2.05, 4.69) is 46.7 Å². The van der Waals surface area contributed by atoms with Gasteiger partial charge in [-0.25, -0.2) is 15.0 Å². The molecule has 1 aliphatic rings. The molecule has 0 saturated carbocycles. The number of fused-ring (bicyclic) bond motifs is 1. The Balaban J connectivity index is 1.74. The molecule has 0 spiro atoms. The van der Waals surface area contributed by atoms with Crippen molar-refractivity contribution in [3.8, 4) is 11.3 Å². The number of hydrogen-bond acceptors (Lipinski definition) is 6. The van der Waals surface area contributed by atoms with Crippen LogP contribution in [0.2, 0.25) is 5.02 Å². The fourth-order valence-corrected chi connectivity index (χ4v) is 4.48. The summed E-state index contributed by atoms with van der Waals surface area (Å²) < 4.78 is 0. The molecule has 0 aromatic carbocycles. The zero-order valence-electron chi connectivity index (χ0n) is 17.3. The smallest absolute Gasteiger partial charge is 0.187 e. The molecule has 4 rings (SSSR count). The van der Waals surface area contributed by atoms with Gasteiger partial charge in [-0.3, -0.25) is 4.98 Å². The van der Waals surface area contributed by atoms with Crippen LogP contribution in [0, 0.1) is 13.8 Å². The standard InChI is InChI=1S/C22H24ClN5S/c1-13-6-14(2)19(25-8-13)16-7-18(24-10-17(16)23)28-11-15-9-26-21(29-5)27-20(15)22(3,4)12-28/h6-10H,11-12H2,1-5H3. The predicted octanol–water partition coefficient (Wildman–Crippen LogP) is 5.22. The molecular weight excluding hydrogens is 402 g/mol. The Morgan fingerprint density at radius 3 is 2.59 bits per heavy atom. The van der Waals surface area contributed by atoms with Gasteiger partial charge in [-0.1, -0.05) is 43.3 Å². The lowest BCUT2D eigenvalue weighted by molar-refractivity contribution is 0.452. The van der Waals surface area contributed by atoms with Gasteiger partial charge in [0.15, 0.2) is 5.16 Å². The van der Waals surface area contributed by atoms with Crippen LogP contribution in [0.3, 0.4) is 0 Å². The summed E-state index contributed by atoms with van der Waals surface area (Å²) in [5.41, 5.74) is 6.20.